The number of benzene rings is 4. The van der Waals surface area contributed by atoms with Gasteiger partial charge in [0.15, 0.2) is 0 Å². The van der Waals surface area contributed by atoms with Gasteiger partial charge in [-0.3, -0.25) is 14.2 Å². The molecule has 0 aromatic heterocycles. The molecule has 0 heterocycles. The summed E-state index contributed by atoms with van der Waals surface area (Å²) in [7, 11) is -7.90. The third-order valence-corrected chi connectivity index (χ3v) is 8.49. The largest absolute Gasteiger partial charge is 0.321 e. The van der Waals surface area contributed by atoms with E-state index in [4.69, 9.17) is 23.2 Å². The van der Waals surface area contributed by atoms with Crippen molar-refractivity contribution in [3.8, 4) is 0 Å². The minimum absolute atomic E-state index is 0.0373. The second kappa shape index (κ2) is 10.8. The maximum absolute atomic E-state index is 12.8. The van der Waals surface area contributed by atoms with Crippen LogP contribution >= 0.6 is 23.2 Å². The number of carbonyl (C=O) groups excluding carboxylic acids is 1. The molecule has 0 fully saturated rings. The van der Waals surface area contributed by atoms with Gasteiger partial charge >= 0.3 is 0 Å². The quantitative estimate of drug-likeness (QED) is 0.243. The highest BCUT2D eigenvalue weighted by Gasteiger charge is 2.19. The van der Waals surface area contributed by atoms with E-state index in [9.17, 15) is 21.6 Å². The molecule has 0 radical (unpaired) electrons. The Morgan fingerprint density at radius 2 is 1.16 bits per heavy atom. The highest BCUT2D eigenvalue weighted by atomic mass is 35.5. The molecular weight excluding hydrogens is 557 g/mol. The third-order valence-electron chi connectivity index (χ3n) is 5.07. The van der Waals surface area contributed by atoms with Crippen molar-refractivity contribution in [2.45, 2.75) is 9.79 Å². The number of carbonyl (C=O) groups is 1. The van der Waals surface area contributed by atoms with Crippen LogP contribution in [0.25, 0.3) is 0 Å². The van der Waals surface area contributed by atoms with E-state index < -0.39 is 26.0 Å². The maximum Gasteiger partial charge on any atom is 0.262 e. The Morgan fingerprint density at radius 1 is 0.595 bits per heavy atom. The zero-order chi connectivity index (χ0) is 26.6. The Kier molecular flexibility index (Phi) is 7.74. The minimum Gasteiger partial charge on any atom is -0.321 e. The van der Waals surface area contributed by atoms with E-state index in [0.717, 1.165) is 0 Å². The first-order chi connectivity index (χ1) is 17.5. The molecule has 4 aromatic carbocycles. The summed E-state index contributed by atoms with van der Waals surface area (Å²) in [6.45, 7) is 0. The van der Waals surface area contributed by atoms with Crippen LogP contribution < -0.4 is 14.8 Å². The lowest BCUT2D eigenvalue weighted by Gasteiger charge is -2.13. The number of amides is 1. The van der Waals surface area contributed by atoms with Gasteiger partial charge in [-0.05, 0) is 66.7 Å². The molecular formula is C25H19Cl2N3O5S2. The van der Waals surface area contributed by atoms with Gasteiger partial charge in [-0.15, -0.1) is 0 Å². The molecule has 0 atom stereocenters. The fourth-order valence-electron chi connectivity index (χ4n) is 3.22. The number of halogens is 2. The Labute approximate surface area is 224 Å². The molecule has 0 saturated carbocycles. The van der Waals surface area contributed by atoms with E-state index in [1.165, 1.54) is 48.5 Å². The molecule has 0 bridgehead atoms. The maximum atomic E-state index is 12.8. The summed E-state index contributed by atoms with van der Waals surface area (Å²) < 4.78 is 55.7. The highest BCUT2D eigenvalue weighted by molar-refractivity contribution is 7.93. The second-order valence-corrected chi connectivity index (χ2v) is 11.9. The molecule has 4 rings (SSSR count). The van der Waals surface area contributed by atoms with Crippen molar-refractivity contribution in [1.29, 1.82) is 0 Å². The first kappa shape index (κ1) is 26.5. The van der Waals surface area contributed by atoms with E-state index in [-0.39, 0.29) is 36.8 Å². The summed E-state index contributed by atoms with van der Waals surface area (Å²) in [6.07, 6.45) is 0. The van der Waals surface area contributed by atoms with Crippen LogP contribution in [0.1, 0.15) is 10.4 Å². The van der Waals surface area contributed by atoms with E-state index in [2.05, 4.69) is 14.8 Å². The van der Waals surface area contributed by atoms with Crippen LogP contribution in [0.2, 0.25) is 10.0 Å². The van der Waals surface area contributed by atoms with Gasteiger partial charge in [0.05, 0.1) is 31.2 Å². The lowest BCUT2D eigenvalue weighted by Crippen LogP contribution is -2.16. The van der Waals surface area contributed by atoms with Crippen LogP contribution in [0.5, 0.6) is 0 Å². The van der Waals surface area contributed by atoms with Crippen molar-refractivity contribution in [3.63, 3.8) is 0 Å². The molecule has 190 valence electrons. The molecule has 8 nitrogen and oxygen atoms in total. The number of nitrogens with one attached hydrogen (secondary N) is 3. The number of para-hydroxylation sites is 2. The van der Waals surface area contributed by atoms with Crippen molar-refractivity contribution >= 4 is 66.2 Å². The number of hydrogen-bond acceptors (Lipinski definition) is 5. The predicted octanol–water partition coefficient (Wildman–Crippen LogP) is 5.85. The Morgan fingerprint density at radius 3 is 1.84 bits per heavy atom. The third kappa shape index (κ3) is 6.41. The van der Waals surface area contributed by atoms with Gasteiger partial charge in [0.1, 0.15) is 0 Å². The van der Waals surface area contributed by atoms with E-state index in [1.54, 1.807) is 48.5 Å². The average molecular weight is 576 g/mol. The summed E-state index contributed by atoms with van der Waals surface area (Å²) >= 11 is 12.2. The summed E-state index contributed by atoms with van der Waals surface area (Å²) in [5.41, 5.74) is 0.785. The Balaban J connectivity index is 1.51. The Bertz CT molecular complexity index is 1660. The number of rotatable bonds is 8. The molecule has 0 aliphatic carbocycles. The molecule has 0 spiro atoms. The standard InChI is InChI=1S/C25H19Cl2N3O5S2/c26-21-8-4-5-9-23(21)30-37(34,35)20-14-15-22(27)24(16-20)28-25(31)17-10-12-19(13-11-17)36(32,33)29-18-6-2-1-3-7-18/h1-16,29-30H,(H,28,31). The molecule has 12 heteroatoms. The van der Waals surface area contributed by atoms with Gasteiger partial charge in [0.2, 0.25) is 0 Å². The van der Waals surface area contributed by atoms with Crippen molar-refractivity contribution in [2.75, 3.05) is 14.8 Å². The van der Waals surface area contributed by atoms with Gasteiger partial charge < -0.3 is 5.32 Å². The van der Waals surface area contributed by atoms with Gasteiger partial charge in [-0.1, -0.05) is 53.5 Å². The molecule has 1 amide bonds. The van der Waals surface area contributed by atoms with Crippen molar-refractivity contribution in [3.05, 3.63) is 113 Å². The SMILES string of the molecule is O=C(Nc1cc(S(=O)(=O)Nc2ccccc2Cl)ccc1Cl)c1ccc(S(=O)(=O)Nc2ccccc2)cc1. The van der Waals surface area contributed by atoms with Crippen molar-refractivity contribution < 1.29 is 21.6 Å². The normalized spacial score (nSPS) is 11.5. The van der Waals surface area contributed by atoms with Crippen LogP contribution in [0.3, 0.4) is 0 Å². The zero-order valence-corrected chi connectivity index (χ0v) is 22.0. The smallest absolute Gasteiger partial charge is 0.262 e. The molecule has 37 heavy (non-hydrogen) atoms. The average Bonchev–Trinajstić information content (AvgIpc) is 2.87. The highest BCUT2D eigenvalue weighted by Crippen LogP contribution is 2.29. The van der Waals surface area contributed by atoms with Gasteiger partial charge in [-0.25, -0.2) is 16.8 Å². The molecule has 0 aliphatic rings. The second-order valence-electron chi connectivity index (χ2n) is 7.68. The van der Waals surface area contributed by atoms with Crippen LogP contribution in [-0.2, 0) is 20.0 Å². The fourth-order valence-corrected chi connectivity index (χ4v) is 5.78. The summed E-state index contributed by atoms with van der Waals surface area (Å²) in [5.74, 6) is -0.615. The van der Waals surface area contributed by atoms with Crippen molar-refractivity contribution in [1.82, 2.24) is 0 Å². The zero-order valence-electron chi connectivity index (χ0n) is 18.9. The van der Waals surface area contributed by atoms with Crippen LogP contribution in [0, 0.1) is 0 Å². The van der Waals surface area contributed by atoms with Crippen LogP contribution in [0.15, 0.2) is 107 Å². The molecule has 0 saturated heterocycles. The lowest BCUT2D eigenvalue weighted by atomic mass is 10.2. The summed E-state index contributed by atoms with van der Waals surface area (Å²) in [6, 6.07) is 23.8. The van der Waals surface area contributed by atoms with Gasteiger partial charge in [0.25, 0.3) is 26.0 Å². The fraction of sp³-hybridized carbons (Fsp3) is 0. The van der Waals surface area contributed by atoms with E-state index >= 15 is 0 Å². The predicted molar refractivity (Wildman–Crippen MR) is 145 cm³/mol. The van der Waals surface area contributed by atoms with Crippen LogP contribution in [-0.4, -0.2) is 22.7 Å². The lowest BCUT2D eigenvalue weighted by molar-refractivity contribution is 0.102. The van der Waals surface area contributed by atoms with Gasteiger partial charge in [-0.2, -0.15) is 0 Å². The molecule has 4 aromatic rings. The number of anilines is 3. The monoisotopic (exact) mass is 575 g/mol. The number of sulfonamides is 2. The van der Waals surface area contributed by atoms with E-state index in [1.807, 2.05) is 0 Å². The topological polar surface area (TPSA) is 121 Å². The van der Waals surface area contributed by atoms with Crippen LogP contribution in [0.4, 0.5) is 17.1 Å². The van der Waals surface area contributed by atoms with Gasteiger partial charge in [0, 0.05) is 11.3 Å². The summed E-state index contributed by atoms with van der Waals surface area (Å²) in [4.78, 5) is 12.6. The minimum atomic E-state index is -4.04. The first-order valence-electron chi connectivity index (χ1n) is 10.6. The Hall–Kier alpha value is -3.57. The molecule has 3 N–H and O–H groups in total. The summed E-state index contributed by atoms with van der Waals surface area (Å²) in [5, 5.41) is 2.89. The number of hydrogen-bond donors (Lipinski definition) is 3. The van der Waals surface area contributed by atoms with E-state index in [0.29, 0.717) is 5.69 Å². The first-order valence-corrected chi connectivity index (χ1v) is 14.3. The molecule has 0 unspecified atom stereocenters. The van der Waals surface area contributed by atoms with Crippen molar-refractivity contribution in [2.24, 2.45) is 0 Å². The molecule has 0 aliphatic heterocycles.